The minimum Gasteiger partial charge on any atom is -0.476 e. The van der Waals surface area contributed by atoms with Crippen LogP contribution in [0.3, 0.4) is 0 Å². The Kier molecular flexibility index (Phi) is 7.72. The first-order valence-corrected chi connectivity index (χ1v) is 13.6. The van der Waals surface area contributed by atoms with E-state index in [2.05, 4.69) is 33.9 Å². The van der Waals surface area contributed by atoms with Crippen molar-refractivity contribution >= 4 is 17.3 Å². The Morgan fingerprint density at radius 1 is 1.02 bits per heavy atom. The number of fused-ring (bicyclic) bond motifs is 1. The van der Waals surface area contributed by atoms with Crippen molar-refractivity contribution in [2.45, 2.75) is 58.2 Å². The first-order chi connectivity index (χ1) is 19.0. The van der Waals surface area contributed by atoms with E-state index < -0.39 is 17.7 Å². The van der Waals surface area contributed by atoms with Crippen molar-refractivity contribution in [3.8, 4) is 17.0 Å². The molecule has 3 heterocycles. The number of ether oxygens (including phenoxy) is 1. The lowest BCUT2D eigenvalue weighted by atomic mass is 10.0. The van der Waals surface area contributed by atoms with Crippen LogP contribution >= 0.6 is 0 Å². The number of halogens is 3. The van der Waals surface area contributed by atoms with Crippen molar-refractivity contribution in [1.82, 2.24) is 14.9 Å². The van der Waals surface area contributed by atoms with Gasteiger partial charge in [0.2, 0.25) is 0 Å². The molecule has 0 aliphatic carbocycles. The van der Waals surface area contributed by atoms with Crippen molar-refractivity contribution in [3.05, 3.63) is 65.4 Å². The van der Waals surface area contributed by atoms with E-state index in [0.29, 0.717) is 17.3 Å². The maximum atomic E-state index is 15.2. The van der Waals surface area contributed by atoms with Gasteiger partial charge in [-0.15, -0.1) is 0 Å². The fraction of sp³-hybridized carbons (Fsp3) is 0.433. The van der Waals surface area contributed by atoms with Gasteiger partial charge in [0.05, 0.1) is 17.6 Å². The maximum Gasteiger partial charge on any atom is 0.268 e. The normalized spacial score (nSPS) is 17.9. The summed E-state index contributed by atoms with van der Waals surface area (Å²) in [5, 5.41) is 0. The summed E-state index contributed by atoms with van der Waals surface area (Å²) in [6.07, 6.45) is 2.29. The number of piperidine rings is 1. The zero-order valence-corrected chi connectivity index (χ0v) is 23.4. The van der Waals surface area contributed by atoms with Crippen molar-refractivity contribution in [2.75, 3.05) is 37.0 Å². The number of carbonyl (C=O) groups excluding carboxylic acids is 1. The van der Waals surface area contributed by atoms with Crippen LogP contribution < -0.4 is 14.5 Å². The highest BCUT2D eigenvalue weighted by Gasteiger charge is 2.35. The Morgan fingerprint density at radius 2 is 1.75 bits per heavy atom. The number of nitrogens with zero attached hydrogens (tertiary/aromatic N) is 5. The highest BCUT2D eigenvalue weighted by molar-refractivity contribution is 6.01. The van der Waals surface area contributed by atoms with Crippen LogP contribution in [0.25, 0.3) is 11.3 Å². The third kappa shape index (κ3) is 5.37. The van der Waals surface area contributed by atoms with Gasteiger partial charge in [0.25, 0.3) is 5.91 Å². The summed E-state index contributed by atoms with van der Waals surface area (Å²) in [6, 6.07) is 7.93. The molecule has 2 aliphatic heterocycles. The molecular formula is C30H34F3N5O2. The monoisotopic (exact) mass is 553 g/mol. The average molecular weight is 554 g/mol. The topological polar surface area (TPSA) is 61.8 Å². The molecule has 40 heavy (non-hydrogen) atoms. The third-order valence-corrected chi connectivity index (χ3v) is 7.66. The fourth-order valence-corrected chi connectivity index (χ4v) is 5.50. The van der Waals surface area contributed by atoms with Gasteiger partial charge in [-0.1, -0.05) is 6.07 Å². The minimum absolute atomic E-state index is 0.0549. The SMILES string of the molecule is CC1Oc2c(F)cc(-c3nc(Cc4ccc(N5CCC(N(C)C)CC5)c(F)c4)ncc3F)cc2N(C(C)C)C1=O. The number of hydrogen-bond donors (Lipinski definition) is 0. The summed E-state index contributed by atoms with van der Waals surface area (Å²) in [5.41, 5.74) is 1.46. The summed E-state index contributed by atoms with van der Waals surface area (Å²) in [7, 11) is 4.13. The summed E-state index contributed by atoms with van der Waals surface area (Å²) in [4.78, 5) is 26.9. The lowest BCUT2D eigenvalue weighted by Gasteiger charge is -2.36. The molecule has 10 heteroatoms. The smallest absolute Gasteiger partial charge is 0.268 e. The lowest BCUT2D eigenvalue weighted by molar-refractivity contribution is -0.126. The Balaban J connectivity index is 1.40. The van der Waals surface area contributed by atoms with Gasteiger partial charge >= 0.3 is 0 Å². The number of amides is 1. The van der Waals surface area contributed by atoms with Gasteiger partial charge in [0.1, 0.15) is 17.3 Å². The summed E-state index contributed by atoms with van der Waals surface area (Å²) >= 11 is 0. The first kappa shape index (κ1) is 27.9. The molecule has 2 aliphatic rings. The van der Waals surface area contributed by atoms with Crippen molar-refractivity contribution < 1.29 is 22.7 Å². The van der Waals surface area contributed by atoms with E-state index in [4.69, 9.17) is 4.74 Å². The first-order valence-electron chi connectivity index (χ1n) is 13.6. The van der Waals surface area contributed by atoms with Crippen molar-refractivity contribution in [3.63, 3.8) is 0 Å². The molecule has 1 amide bonds. The molecule has 0 radical (unpaired) electrons. The van der Waals surface area contributed by atoms with E-state index >= 15 is 8.78 Å². The molecule has 5 rings (SSSR count). The molecule has 1 fully saturated rings. The minimum atomic E-state index is -0.839. The summed E-state index contributed by atoms with van der Waals surface area (Å²) < 4.78 is 50.7. The van der Waals surface area contributed by atoms with E-state index in [1.807, 2.05) is 19.9 Å². The molecule has 1 saturated heterocycles. The van der Waals surface area contributed by atoms with E-state index in [9.17, 15) is 9.18 Å². The molecule has 1 unspecified atom stereocenters. The van der Waals surface area contributed by atoms with Gasteiger partial charge in [-0.05, 0) is 77.5 Å². The molecule has 0 bridgehead atoms. The van der Waals surface area contributed by atoms with E-state index in [1.165, 1.54) is 17.0 Å². The third-order valence-electron chi connectivity index (χ3n) is 7.66. The predicted molar refractivity (Wildman–Crippen MR) is 148 cm³/mol. The maximum absolute atomic E-state index is 15.2. The zero-order valence-electron chi connectivity index (χ0n) is 23.4. The number of aromatic nitrogens is 2. The molecule has 7 nitrogen and oxygen atoms in total. The highest BCUT2D eigenvalue weighted by atomic mass is 19.1. The van der Waals surface area contributed by atoms with Gasteiger partial charge < -0.3 is 19.4 Å². The number of benzene rings is 2. The Morgan fingerprint density at radius 3 is 2.40 bits per heavy atom. The van der Waals surface area contributed by atoms with Crippen LogP contribution in [0.4, 0.5) is 24.5 Å². The lowest BCUT2D eigenvalue weighted by Crippen LogP contribution is -2.48. The highest BCUT2D eigenvalue weighted by Crippen LogP contribution is 2.41. The van der Waals surface area contributed by atoms with Gasteiger partial charge in [0.15, 0.2) is 23.5 Å². The predicted octanol–water partition coefficient (Wildman–Crippen LogP) is 5.20. The zero-order chi connectivity index (χ0) is 28.7. The molecule has 1 aromatic heterocycles. The van der Waals surface area contributed by atoms with Crippen molar-refractivity contribution in [2.24, 2.45) is 0 Å². The molecule has 1 atom stereocenters. The molecule has 212 valence electrons. The van der Waals surface area contributed by atoms with Crippen molar-refractivity contribution in [1.29, 1.82) is 0 Å². The molecular weight excluding hydrogens is 519 g/mol. The van der Waals surface area contributed by atoms with E-state index in [0.717, 1.165) is 38.2 Å². The second-order valence-electron chi connectivity index (χ2n) is 11.0. The Labute approximate surface area is 232 Å². The summed E-state index contributed by atoms with van der Waals surface area (Å²) in [6.45, 7) is 6.75. The van der Waals surface area contributed by atoms with Crippen LogP contribution in [0.2, 0.25) is 0 Å². The quantitative estimate of drug-likeness (QED) is 0.418. The van der Waals surface area contributed by atoms with Gasteiger partial charge in [-0.3, -0.25) is 4.79 Å². The second-order valence-corrected chi connectivity index (χ2v) is 11.0. The van der Waals surface area contributed by atoms with Crippen LogP contribution in [0.5, 0.6) is 5.75 Å². The standard InChI is InChI=1S/C30H34F3N5O2/c1-17(2)38-26-15-20(14-23(32)29(26)40-18(3)30(38)39)28-24(33)16-34-27(35-28)13-19-6-7-25(22(31)12-19)37-10-8-21(9-11-37)36(4)5/h6-7,12,14-18,21H,8-11,13H2,1-5H3. The molecule has 0 saturated carbocycles. The fourth-order valence-electron chi connectivity index (χ4n) is 5.50. The second kappa shape index (κ2) is 11.1. The van der Waals surface area contributed by atoms with Crippen LogP contribution in [-0.4, -0.2) is 66.1 Å². The number of carbonyl (C=O) groups is 1. The molecule has 0 N–H and O–H groups in total. The van der Waals surface area contributed by atoms with Crippen LogP contribution in [0.1, 0.15) is 45.0 Å². The van der Waals surface area contributed by atoms with E-state index in [-0.39, 0.29) is 52.7 Å². The molecule has 2 aromatic carbocycles. The molecule has 3 aromatic rings. The van der Waals surface area contributed by atoms with Crippen LogP contribution in [-0.2, 0) is 11.2 Å². The number of hydrogen-bond acceptors (Lipinski definition) is 6. The Hall–Kier alpha value is -3.66. The van der Waals surface area contributed by atoms with E-state index in [1.54, 1.807) is 13.0 Å². The summed E-state index contributed by atoms with van der Waals surface area (Å²) in [5.74, 6) is -1.89. The van der Waals surface area contributed by atoms with Crippen LogP contribution in [0.15, 0.2) is 36.5 Å². The average Bonchev–Trinajstić information content (AvgIpc) is 2.91. The van der Waals surface area contributed by atoms with Gasteiger partial charge in [0, 0.05) is 37.2 Å². The number of rotatable bonds is 6. The van der Waals surface area contributed by atoms with Crippen LogP contribution in [0, 0.1) is 17.5 Å². The Bertz CT molecular complexity index is 1420. The largest absolute Gasteiger partial charge is 0.476 e. The number of anilines is 2. The van der Waals surface area contributed by atoms with Gasteiger partial charge in [-0.2, -0.15) is 0 Å². The molecule has 0 spiro atoms. The van der Waals surface area contributed by atoms with Gasteiger partial charge in [-0.25, -0.2) is 23.1 Å².